The summed E-state index contributed by atoms with van der Waals surface area (Å²) in [5, 5.41) is 6.87. The first kappa shape index (κ1) is 15.2. The van der Waals surface area contributed by atoms with Crippen LogP contribution in [0.2, 0.25) is 0 Å². The van der Waals surface area contributed by atoms with Crippen LogP contribution in [0.1, 0.15) is 42.1 Å². The van der Waals surface area contributed by atoms with E-state index in [1.165, 1.54) is 7.11 Å². The lowest BCUT2D eigenvalue weighted by Crippen LogP contribution is -2.39. The molecule has 1 aliphatic rings. The first-order valence-electron chi connectivity index (χ1n) is 7.51. The van der Waals surface area contributed by atoms with E-state index in [1.54, 1.807) is 11.6 Å². The minimum absolute atomic E-state index is 0.0616. The van der Waals surface area contributed by atoms with Crippen LogP contribution in [0.15, 0.2) is 30.3 Å². The summed E-state index contributed by atoms with van der Waals surface area (Å²) >= 11 is 0. The molecule has 1 aliphatic carbocycles. The number of para-hydroxylation sites is 1. The van der Waals surface area contributed by atoms with Crippen LogP contribution >= 0.6 is 0 Å². The van der Waals surface area contributed by atoms with Gasteiger partial charge in [-0.2, -0.15) is 0 Å². The van der Waals surface area contributed by atoms with E-state index in [0.717, 1.165) is 24.4 Å². The summed E-state index contributed by atoms with van der Waals surface area (Å²) < 4.78 is 6.30. The third-order valence-corrected chi connectivity index (χ3v) is 3.68. The Hall–Kier alpha value is -2.70. The Morgan fingerprint density at radius 3 is 2.61 bits per heavy atom. The maximum Gasteiger partial charge on any atom is 0.328 e. The van der Waals surface area contributed by atoms with Crippen molar-refractivity contribution in [2.24, 2.45) is 0 Å². The second kappa shape index (κ2) is 6.20. The Morgan fingerprint density at radius 2 is 2.00 bits per heavy atom. The average Bonchev–Trinajstić information content (AvgIpc) is 3.32. The monoisotopic (exact) mass is 314 g/mol. The molecule has 0 spiro atoms. The molecule has 3 rings (SSSR count). The second-order valence-corrected chi connectivity index (χ2v) is 5.53. The first-order chi connectivity index (χ1) is 11.1. The number of amides is 1. The van der Waals surface area contributed by atoms with E-state index in [9.17, 15) is 9.59 Å². The van der Waals surface area contributed by atoms with E-state index in [1.807, 2.05) is 30.3 Å². The van der Waals surface area contributed by atoms with E-state index in [0.29, 0.717) is 5.92 Å². The summed E-state index contributed by atoms with van der Waals surface area (Å²) in [5.74, 6) is 0.184. The quantitative estimate of drug-likeness (QED) is 0.844. The van der Waals surface area contributed by atoms with Crippen molar-refractivity contribution in [3.63, 3.8) is 0 Å². The highest BCUT2D eigenvalue weighted by molar-refractivity contribution is 5.93. The standard InChI is InChI=1S/C16H18N4O3/c1-10(16(22)23-2)17-15(21)13-18-14(11-8-9-11)20(19-13)12-6-4-3-5-7-12/h3-7,10-11H,8-9H2,1-2H3,(H,17,21)/t10-/m0/s1. The number of ether oxygens (including phenoxy) is 1. The minimum Gasteiger partial charge on any atom is -0.467 e. The number of aromatic nitrogens is 3. The molecule has 1 amide bonds. The molecule has 7 heteroatoms. The highest BCUT2D eigenvalue weighted by Gasteiger charge is 2.32. The number of rotatable bonds is 5. The molecule has 0 radical (unpaired) electrons. The van der Waals surface area contributed by atoms with E-state index in [2.05, 4.69) is 20.1 Å². The van der Waals surface area contributed by atoms with Crippen molar-refractivity contribution >= 4 is 11.9 Å². The largest absolute Gasteiger partial charge is 0.467 e. The van der Waals surface area contributed by atoms with Gasteiger partial charge in [0.1, 0.15) is 11.9 Å². The zero-order chi connectivity index (χ0) is 16.4. The van der Waals surface area contributed by atoms with Crippen LogP contribution in [0, 0.1) is 0 Å². The second-order valence-electron chi connectivity index (χ2n) is 5.53. The molecule has 0 bridgehead atoms. The molecule has 1 aromatic heterocycles. The summed E-state index contributed by atoms with van der Waals surface area (Å²) in [7, 11) is 1.28. The average molecular weight is 314 g/mol. The molecule has 0 unspecified atom stereocenters. The van der Waals surface area contributed by atoms with Gasteiger partial charge in [-0.1, -0.05) is 18.2 Å². The summed E-state index contributed by atoms with van der Waals surface area (Å²) in [6.07, 6.45) is 2.09. The number of nitrogens with zero attached hydrogens (tertiary/aromatic N) is 3. The molecular formula is C16H18N4O3. The molecule has 1 N–H and O–H groups in total. The fourth-order valence-electron chi connectivity index (χ4n) is 2.28. The number of benzene rings is 1. The lowest BCUT2D eigenvalue weighted by Gasteiger charge is -2.09. The van der Waals surface area contributed by atoms with Gasteiger partial charge >= 0.3 is 5.97 Å². The van der Waals surface area contributed by atoms with Gasteiger partial charge < -0.3 is 10.1 Å². The maximum absolute atomic E-state index is 12.3. The molecule has 1 heterocycles. The predicted molar refractivity (Wildman–Crippen MR) is 82.3 cm³/mol. The molecule has 23 heavy (non-hydrogen) atoms. The number of esters is 1. The Bertz CT molecular complexity index is 722. The maximum atomic E-state index is 12.3. The van der Waals surface area contributed by atoms with Gasteiger partial charge in [0, 0.05) is 5.92 Å². The molecule has 1 aromatic carbocycles. The van der Waals surface area contributed by atoms with Gasteiger partial charge in [0.15, 0.2) is 0 Å². The third-order valence-electron chi connectivity index (χ3n) is 3.68. The number of hydrogen-bond donors (Lipinski definition) is 1. The number of methoxy groups -OCH3 is 1. The minimum atomic E-state index is -0.749. The van der Waals surface area contributed by atoms with Gasteiger partial charge in [0.2, 0.25) is 5.82 Å². The molecule has 0 aliphatic heterocycles. The summed E-state index contributed by atoms with van der Waals surface area (Å²) in [4.78, 5) is 28.0. The van der Waals surface area contributed by atoms with Crippen LogP contribution in [0.3, 0.4) is 0 Å². The van der Waals surface area contributed by atoms with Crippen LogP contribution in [-0.2, 0) is 9.53 Å². The lowest BCUT2D eigenvalue weighted by atomic mass is 10.3. The first-order valence-corrected chi connectivity index (χ1v) is 7.51. The van der Waals surface area contributed by atoms with Crippen LogP contribution in [-0.4, -0.2) is 39.8 Å². The van der Waals surface area contributed by atoms with Gasteiger partial charge in [-0.25, -0.2) is 14.5 Å². The molecule has 0 saturated heterocycles. The smallest absolute Gasteiger partial charge is 0.328 e. The fourth-order valence-corrected chi connectivity index (χ4v) is 2.28. The number of hydrogen-bond acceptors (Lipinski definition) is 5. The normalized spacial score (nSPS) is 15.0. The molecule has 1 fully saturated rings. The van der Waals surface area contributed by atoms with Gasteiger partial charge in [-0.15, -0.1) is 5.10 Å². The van der Waals surface area contributed by atoms with Gasteiger partial charge in [-0.05, 0) is 31.9 Å². The Labute approximate surface area is 133 Å². The van der Waals surface area contributed by atoms with E-state index < -0.39 is 17.9 Å². The van der Waals surface area contributed by atoms with Crippen molar-refractivity contribution in [2.75, 3.05) is 7.11 Å². The van der Waals surface area contributed by atoms with Crippen LogP contribution in [0.4, 0.5) is 0 Å². The Balaban J connectivity index is 1.86. The summed E-state index contributed by atoms with van der Waals surface area (Å²) in [6, 6.07) is 8.82. The van der Waals surface area contributed by atoms with E-state index in [-0.39, 0.29) is 5.82 Å². The highest BCUT2D eigenvalue weighted by atomic mass is 16.5. The molecule has 7 nitrogen and oxygen atoms in total. The Morgan fingerprint density at radius 1 is 1.30 bits per heavy atom. The number of carbonyl (C=O) groups is 2. The van der Waals surface area contributed by atoms with Crippen molar-refractivity contribution in [2.45, 2.75) is 31.7 Å². The van der Waals surface area contributed by atoms with Crippen molar-refractivity contribution < 1.29 is 14.3 Å². The zero-order valence-electron chi connectivity index (χ0n) is 13.0. The van der Waals surface area contributed by atoms with Gasteiger partial charge in [-0.3, -0.25) is 4.79 Å². The highest BCUT2D eigenvalue weighted by Crippen LogP contribution is 2.39. The number of carbonyl (C=O) groups excluding carboxylic acids is 2. The SMILES string of the molecule is COC(=O)[C@H](C)NC(=O)c1nc(C2CC2)n(-c2ccccc2)n1. The molecule has 1 saturated carbocycles. The summed E-state index contributed by atoms with van der Waals surface area (Å²) in [5.41, 5.74) is 0.863. The van der Waals surface area contributed by atoms with Crippen LogP contribution < -0.4 is 5.32 Å². The van der Waals surface area contributed by atoms with Crippen LogP contribution in [0.5, 0.6) is 0 Å². The van der Waals surface area contributed by atoms with Crippen LogP contribution in [0.25, 0.3) is 5.69 Å². The third kappa shape index (κ3) is 3.23. The predicted octanol–water partition coefficient (Wildman–Crippen LogP) is 1.44. The fraction of sp³-hybridized carbons (Fsp3) is 0.375. The molecule has 1 atom stereocenters. The van der Waals surface area contributed by atoms with E-state index in [4.69, 9.17) is 0 Å². The topological polar surface area (TPSA) is 86.1 Å². The van der Waals surface area contributed by atoms with E-state index >= 15 is 0 Å². The Kier molecular flexibility index (Phi) is 4.10. The van der Waals surface area contributed by atoms with Crippen molar-refractivity contribution in [1.82, 2.24) is 20.1 Å². The lowest BCUT2D eigenvalue weighted by molar-refractivity contribution is -0.142. The molecule has 120 valence electrons. The van der Waals surface area contributed by atoms with Crippen molar-refractivity contribution in [3.8, 4) is 5.69 Å². The van der Waals surface area contributed by atoms with Crippen molar-refractivity contribution in [1.29, 1.82) is 0 Å². The zero-order valence-corrected chi connectivity index (χ0v) is 13.0. The summed E-state index contributed by atoms with van der Waals surface area (Å²) in [6.45, 7) is 1.56. The number of nitrogens with one attached hydrogen (secondary N) is 1. The van der Waals surface area contributed by atoms with Gasteiger partial charge in [0.05, 0.1) is 12.8 Å². The van der Waals surface area contributed by atoms with Crippen molar-refractivity contribution in [3.05, 3.63) is 42.0 Å². The van der Waals surface area contributed by atoms with Gasteiger partial charge in [0.25, 0.3) is 5.91 Å². The molecule has 2 aromatic rings. The molecular weight excluding hydrogens is 296 g/mol.